The van der Waals surface area contributed by atoms with Gasteiger partial charge in [-0.05, 0) is 24.6 Å². The molecule has 1 saturated carbocycles. The number of nitrogens with one attached hydrogen (secondary N) is 1. The molecule has 5 nitrogen and oxygen atoms in total. The van der Waals surface area contributed by atoms with E-state index < -0.39 is 20.2 Å². The Kier molecular flexibility index (Phi) is 4.77. The van der Waals surface area contributed by atoms with Crippen LogP contribution >= 0.6 is 23.2 Å². The van der Waals surface area contributed by atoms with Gasteiger partial charge in [-0.25, -0.2) is 12.8 Å². The number of hydrogen-bond donors (Lipinski definition) is 1. The second-order valence-corrected chi connectivity index (χ2v) is 9.15. The number of sulfonamides is 1. The molecule has 0 aromatic heterocycles. The van der Waals surface area contributed by atoms with Crippen LogP contribution in [0.5, 0.6) is 0 Å². The molecule has 23 heavy (non-hydrogen) atoms. The van der Waals surface area contributed by atoms with Crippen molar-refractivity contribution >= 4 is 38.9 Å². The van der Waals surface area contributed by atoms with Gasteiger partial charge >= 0.3 is 0 Å². The van der Waals surface area contributed by atoms with Crippen molar-refractivity contribution in [3.8, 4) is 0 Å². The minimum atomic E-state index is -3.87. The van der Waals surface area contributed by atoms with E-state index >= 15 is 0 Å². The summed E-state index contributed by atoms with van der Waals surface area (Å²) in [6.45, 7) is 1.59. The molecule has 2 aliphatic rings. The van der Waals surface area contributed by atoms with Gasteiger partial charge in [0.15, 0.2) is 0 Å². The SMILES string of the molecule is O=S(=O)(c1cc(NCC2CC2(Cl)Cl)ccc1F)N1CCOCC1. The molecule has 128 valence electrons. The van der Waals surface area contributed by atoms with Crippen LogP contribution in [0.2, 0.25) is 0 Å². The standard InChI is InChI=1S/C14H17Cl2FN2O3S/c15-14(16)8-10(14)9-18-11-1-2-12(17)13(7-11)23(20,21)19-3-5-22-6-4-19/h1-2,7,10,18H,3-6,8-9H2. The van der Waals surface area contributed by atoms with Crippen LogP contribution < -0.4 is 5.32 Å². The summed E-state index contributed by atoms with van der Waals surface area (Å²) in [5.74, 6) is -0.660. The maximum Gasteiger partial charge on any atom is 0.246 e. The van der Waals surface area contributed by atoms with Gasteiger partial charge in [-0.3, -0.25) is 0 Å². The third kappa shape index (κ3) is 3.74. The highest BCUT2D eigenvalue weighted by atomic mass is 35.5. The van der Waals surface area contributed by atoms with Crippen LogP contribution in [0.3, 0.4) is 0 Å². The quantitative estimate of drug-likeness (QED) is 0.794. The second kappa shape index (κ2) is 6.37. The molecule has 0 spiro atoms. The maximum absolute atomic E-state index is 14.0. The van der Waals surface area contributed by atoms with Crippen molar-refractivity contribution in [1.29, 1.82) is 0 Å². The molecule has 1 heterocycles. The van der Waals surface area contributed by atoms with E-state index in [4.69, 9.17) is 27.9 Å². The Labute approximate surface area is 144 Å². The molecule has 1 aliphatic carbocycles. The zero-order valence-electron chi connectivity index (χ0n) is 12.3. The molecule has 0 radical (unpaired) electrons. The zero-order valence-corrected chi connectivity index (χ0v) is 14.6. The largest absolute Gasteiger partial charge is 0.385 e. The van der Waals surface area contributed by atoms with Gasteiger partial charge in [0, 0.05) is 31.2 Å². The minimum Gasteiger partial charge on any atom is -0.385 e. The molecule has 3 rings (SSSR count). The van der Waals surface area contributed by atoms with Gasteiger partial charge in [-0.1, -0.05) is 0 Å². The van der Waals surface area contributed by atoms with Gasteiger partial charge in [0.05, 0.1) is 13.2 Å². The number of hydrogen-bond acceptors (Lipinski definition) is 4. The Morgan fingerprint density at radius 3 is 2.61 bits per heavy atom. The number of benzene rings is 1. The average molecular weight is 383 g/mol. The van der Waals surface area contributed by atoms with Crippen molar-refractivity contribution in [3.63, 3.8) is 0 Å². The van der Waals surface area contributed by atoms with E-state index in [1.807, 2.05) is 0 Å². The van der Waals surface area contributed by atoms with Crippen molar-refractivity contribution in [2.45, 2.75) is 15.6 Å². The Morgan fingerprint density at radius 2 is 2.00 bits per heavy atom. The molecule has 1 unspecified atom stereocenters. The summed E-state index contributed by atoms with van der Waals surface area (Å²) in [6, 6.07) is 3.96. The fraction of sp³-hybridized carbons (Fsp3) is 0.571. The predicted molar refractivity (Wildman–Crippen MR) is 87.0 cm³/mol. The number of anilines is 1. The smallest absolute Gasteiger partial charge is 0.246 e. The first kappa shape index (κ1) is 17.2. The highest BCUT2D eigenvalue weighted by Gasteiger charge is 2.51. The average Bonchev–Trinajstić information content (AvgIpc) is 3.14. The summed E-state index contributed by atoms with van der Waals surface area (Å²) in [5.41, 5.74) is 0.522. The third-order valence-electron chi connectivity index (χ3n) is 4.03. The summed E-state index contributed by atoms with van der Waals surface area (Å²) in [6.07, 6.45) is 0.684. The number of morpholine rings is 1. The number of halogens is 3. The molecule has 1 aromatic rings. The van der Waals surface area contributed by atoms with E-state index in [-0.39, 0.29) is 23.9 Å². The maximum atomic E-state index is 14.0. The van der Waals surface area contributed by atoms with E-state index in [0.29, 0.717) is 31.9 Å². The number of rotatable bonds is 5. The lowest BCUT2D eigenvalue weighted by Gasteiger charge is -2.26. The Hall–Kier alpha value is -0.600. The minimum absolute atomic E-state index is 0.107. The van der Waals surface area contributed by atoms with Gasteiger partial charge in [-0.2, -0.15) is 4.31 Å². The molecule has 1 N–H and O–H groups in total. The van der Waals surface area contributed by atoms with Crippen molar-refractivity contribution in [2.75, 3.05) is 38.2 Å². The molecule has 0 amide bonds. The van der Waals surface area contributed by atoms with Gasteiger partial charge in [0.25, 0.3) is 0 Å². The van der Waals surface area contributed by atoms with Gasteiger partial charge in [0.1, 0.15) is 15.0 Å². The van der Waals surface area contributed by atoms with E-state index in [9.17, 15) is 12.8 Å². The molecule has 1 saturated heterocycles. The zero-order chi connectivity index (χ0) is 16.7. The highest BCUT2D eigenvalue weighted by Crippen LogP contribution is 2.52. The lowest BCUT2D eigenvalue weighted by Crippen LogP contribution is -2.40. The van der Waals surface area contributed by atoms with Crippen LogP contribution in [-0.4, -0.2) is 49.9 Å². The van der Waals surface area contributed by atoms with Gasteiger partial charge < -0.3 is 10.1 Å². The Balaban J connectivity index is 1.77. The predicted octanol–water partition coefficient (Wildman–Crippen LogP) is 2.45. The van der Waals surface area contributed by atoms with Crippen molar-refractivity contribution in [2.24, 2.45) is 5.92 Å². The fourth-order valence-corrected chi connectivity index (χ4v) is 4.49. The molecule has 1 aliphatic heterocycles. The number of nitrogens with zero attached hydrogens (tertiary/aromatic N) is 1. The monoisotopic (exact) mass is 382 g/mol. The summed E-state index contributed by atoms with van der Waals surface area (Å²) < 4.78 is 44.9. The Morgan fingerprint density at radius 1 is 1.35 bits per heavy atom. The van der Waals surface area contributed by atoms with Gasteiger partial charge in [0.2, 0.25) is 10.0 Å². The lowest BCUT2D eigenvalue weighted by molar-refractivity contribution is 0.0729. The first-order valence-electron chi connectivity index (χ1n) is 7.30. The van der Waals surface area contributed by atoms with Gasteiger partial charge in [-0.15, -0.1) is 23.2 Å². The van der Waals surface area contributed by atoms with Crippen molar-refractivity contribution in [1.82, 2.24) is 4.31 Å². The van der Waals surface area contributed by atoms with E-state index in [0.717, 1.165) is 6.07 Å². The second-order valence-electron chi connectivity index (χ2n) is 5.70. The molecule has 0 bridgehead atoms. The fourth-order valence-electron chi connectivity index (χ4n) is 2.47. The molecular formula is C14H17Cl2FN2O3S. The normalized spacial score (nSPS) is 24.4. The molecule has 2 fully saturated rings. The summed E-state index contributed by atoms with van der Waals surface area (Å²) >= 11 is 11.9. The topological polar surface area (TPSA) is 58.6 Å². The van der Waals surface area contributed by atoms with Crippen LogP contribution in [0, 0.1) is 11.7 Å². The van der Waals surface area contributed by atoms with Crippen LogP contribution in [-0.2, 0) is 14.8 Å². The molecule has 1 aromatic carbocycles. The summed E-state index contributed by atoms with van der Waals surface area (Å²) in [4.78, 5) is -0.330. The van der Waals surface area contributed by atoms with E-state index in [1.165, 1.54) is 16.4 Å². The lowest BCUT2D eigenvalue weighted by atomic mass is 10.3. The van der Waals surface area contributed by atoms with E-state index in [2.05, 4.69) is 5.32 Å². The van der Waals surface area contributed by atoms with Crippen LogP contribution in [0.15, 0.2) is 23.1 Å². The highest BCUT2D eigenvalue weighted by molar-refractivity contribution is 7.89. The first-order valence-corrected chi connectivity index (χ1v) is 9.49. The number of ether oxygens (including phenoxy) is 1. The van der Waals surface area contributed by atoms with E-state index in [1.54, 1.807) is 0 Å². The van der Waals surface area contributed by atoms with Crippen molar-refractivity contribution in [3.05, 3.63) is 24.0 Å². The molecule has 9 heteroatoms. The van der Waals surface area contributed by atoms with Crippen LogP contribution in [0.4, 0.5) is 10.1 Å². The summed E-state index contributed by atoms with van der Waals surface area (Å²) in [5, 5.41) is 3.06. The van der Waals surface area contributed by atoms with Crippen LogP contribution in [0.1, 0.15) is 6.42 Å². The molecular weight excluding hydrogens is 366 g/mol. The number of alkyl halides is 2. The van der Waals surface area contributed by atoms with Crippen molar-refractivity contribution < 1.29 is 17.5 Å². The summed E-state index contributed by atoms with van der Waals surface area (Å²) in [7, 11) is -3.87. The first-order chi connectivity index (χ1) is 10.8. The molecule has 1 atom stereocenters. The third-order valence-corrected chi connectivity index (χ3v) is 6.87. The van der Waals surface area contributed by atoms with Crippen LogP contribution in [0.25, 0.3) is 0 Å². The Bertz CT molecular complexity index is 693.